The van der Waals surface area contributed by atoms with Crippen LogP contribution in [0.1, 0.15) is 39.5 Å². The second kappa shape index (κ2) is 8.76. The van der Waals surface area contributed by atoms with Crippen LogP contribution in [0.25, 0.3) is 0 Å². The normalized spacial score (nSPS) is 12.8. The first-order valence-corrected chi connectivity index (χ1v) is 6.04. The molecular formula is C11H22BrN. The van der Waals surface area contributed by atoms with Crippen molar-refractivity contribution in [3.63, 3.8) is 0 Å². The van der Waals surface area contributed by atoms with Crippen molar-refractivity contribution >= 4 is 15.9 Å². The summed E-state index contributed by atoms with van der Waals surface area (Å²) < 4.78 is 1.04. The van der Waals surface area contributed by atoms with Crippen LogP contribution in [0.4, 0.5) is 0 Å². The average molecular weight is 248 g/mol. The Hall–Kier alpha value is 0.180. The fourth-order valence-corrected chi connectivity index (χ4v) is 1.55. The largest absolute Gasteiger partial charge is 0.312 e. The topological polar surface area (TPSA) is 12.0 Å². The van der Waals surface area contributed by atoms with Crippen molar-refractivity contribution in [1.82, 2.24) is 5.32 Å². The summed E-state index contributed by atoms with van der Waals surface area (Å²) in [6.07, 6.45) is 5.30. The van der Waals surface area contributed by atoms with Gasteiger partial charge in [-0.15, -0.1) is 0 Å². The predicted molar refractivity (Wildman–Crippen MR) is 64.2 cm³/mol. The molecule has 0 spiro atoms. The molecule has 0 aromatic carbocycles. The molecule has 0 saturated carbocycles. The molecule has 0 saturated heterocycles. The lowest BCUT2D eigenvalue weighted by atomic mass is 9.99. The van der Waals surface area contributed by atoms with E-state index in [4.69, 9.17) is 0 Å². The summed E-state index contributed by atoms with van der Waals surface area (Å²) in [5, 5.41) is 3.40. The van der Waals surface area contributed by atoms with E-state index in [0.717, 1.165) is 23.5 Å². The SMILES string of the molecule is C=C(Br)CNCC(CC)CCCC. The highest BCUT2D eigenvalue weighted by atomic mass is 79.9. The maximum atomic E-state index is 3.79. The van der Waals surface area contributed by atoms with Crippen molar-refractivity contribution in [1.29, 1.82) is 0 Å². The first-order chi connectivity index (χ1) is 6.20. The van der Waals surface area contributed by atoms with E-state index in [1.807, 2.05) is 0 Å². The molecular weight excluding hydrogens is 226 g/mol. The van der Waals surface area contributed by atoms with Crippen LogP contribution in [0.15, 0.2) is 11.1 Å². The summed E-state index contributed by atoms with van der Waals surface area (Å²) in [6.45, 7) is 10.3. The number of unbranched alkanes of at least 4 members (excludes halogenated alkanes) is 1. The van der Waals surface area contributed by atoms with E-state index >= 15 is 0 Å². The fraction of sp³-hybridized carbons (Fsp3) is 0.818. The van der Waals surface area contributed by atoms with Gasteiger partial charge in [0.1, 0.15) is 0 Å². The molecule has 2 heteroatoms. The zero-order valence-corrected chi connectivity index (χ0v) is 10.5. The van der Waals surface area contributed by atoms with Gasteiger partial charge in [-0.1, -0.05) is 55.6 Å². The minimum atomic E-state index is 0.840. The zero-order chi connectivity index (χ0) is 10.1. The average Bonchev–Trinajstić information content (AvgIpc) is 2.10. The molecule has 0 aliphatic rings. The molecule has 0 rings (SSSR count). The Bertz CT molecular complexity index is 134. The molecule has 0 aromatic heterocycles. The van der Waals surface area contributed by atoms with E-state index < -0.39 is 0 Å². The van der Waals surface area contributed by atoms with Gasteiger partial charge in [0.25, 0.3) is 0 Å². The Morgan fingerprint density at radius 3 is 2.62 bits per heavy atom. The second-order valence-electron chi connectivity index (χ2n) is 3.56. The molecule has 1 unspecified atom stereocenters. The fourth-order valence-electron chi connectivity index (χ4n) is 1.36. The van der Waals surface area contributed by atoms with Crippen LogP contribution in [-0.2, 0) is 0 Å². The van der Waals surface area contributed by atoms with E-state index in [9.17, 15) is 0 Å². The van der Waals surface area contributed by atoms with Crippen LogP contribution in [0, 0.1) is 5.92 Å². The minimum absolute atomic E-state index is 0.840. The van der Waals surface area contributed by atoms with Gasteiger partial charge in [-0.25, -0.2) is 0 Å². The number of nitrogens with one attached hydrogen (secondary N) is 1. The van der Waals surface area contributed by atoms with Crippen molar-refractivity contribution in [3.8, 4) is 0 Å². The first-order valence-electron chi connectivity index (χ1n) is 5.24. The molecule has 0 heterocycles. The minimum Gasteiger partial charge on any atom is -0.312 e. The van der Waals surface area contributed by atoms with Gasteiger partial charge in [0.15, 0.2) is 0 Å². The Morgan fingerprint density at radius 1 is 1.46 bits per heavy atom. The number of hydrogen-bond acceptors (Lipinski definition) is 1. The number of rotatable bonds is 8. The van der Waals surface area contributed by atoms with Gasteiger partial charge in [-0.05, 0) is 18.9 Å². The quantitative estimate of drug-likeness (QED) is 0.690. The van der Waals surface area contributed by atoms with Gasteiger partial charge in [0.05, 0.1) is 0 Å². The Kier molecular flexibility index (Phi) is 8.89. The molecule has 0 aromatic rings. The van der Waals surface area contributed by atoms with Crippen molar-refractivity contribution < 1.29 is 0 Å². The van der Waals surface area contributed by atoms with Crippen molar-refractivity contribution in [2.45, 2.75) is 39.5 Å². The second-order valence-corrected chi connectivity index (χ2v) is 4.69. The van der Waals surface area contributed by atoms with Gasteiger partial charge in [-0.3, -0.25) is 0 Å². The molecule has 0 fully saturated rings. The van der Waals surface area contributed by atoms with Crippen molar-refractivity contribution in [3.05, 3.63) is 11.1 Å². The third-order valence-electron chi connectivity index (χ3n) is 2.29. The molecule has 0 amide bonds. The zero-order valence-electron chi connectivity index (χ0n) is 8.91. The monoisotopic (exact) mass is 247 g/mol. The third kappa shape index (κ3) is 8.51. The number of halogens is 1. The summed E-state index contributed by atoms with van der Waals surface area (Å²) in [7, 11) is 0. The maximum absolute atomic E-state index is 3.79. The summed E-state index contributed by atoms with van der Waals surface area (Å²) in [5.41, 5.74) is 0. The van der Waals surface area contributed by atoms with Gasteiger partial charge in [0, 0.05) is 11.0 Å². The number of hydrogen-bond donors (Lipinski definition) is 1. The molecule has 0 aliphatic carbocycles. The predicted octanol–water partition coefficient (Wildman–Crippen LogP) is 3.70. The highest BCUT2D eigenvalue weighted by Gasteiger charge is 2.04. The van der Waals surface area contributed by atoms with Crippen LogP contribution >= 0.6 is 15.9 Å². The maximum Gasteiger partial charge on any atom is 0.0265 e. The highest BCUT2D eigenvalue weighted by Crippen LogP contribution is 2.11. The summed E-state index contributed by atoms with van der Waals surface area (Å²) in [6, 6.07) is 0. The van der Waals surface area contributed by atoms with E-state index in [0.29, 0.717) is 0 Å². The van der Waals surface area contributed by atoms with E-state index in [1.165, 1.54) is 25.7 Å². The van der Waals surface area contributed by atoms with Crippen LogP contribution in [0.3, 0.4) is 0 Å². The van der Waals surface area contributed by atoms with Crippen LogP contribution in [0.2, 0.25) is 0 Å². The lowest BCUT2D eigenvalue weighted by Crippen LogP contribution is -2.23. The van der Waals surface area contributed by atoms with E-state index in [2.05, 4.69) is 41.7 Å². The smallest absolute Gasteiger partial charge is 0.0265 e. The molecule has 0 radical (unpaired) electrons. The Morgan fingerprint density at radius 2 is 2.15 bits per heavy atom. The van der Waals surface area contributed by atoms with Gasteiger partial charge in [0.2, 0.25) is 0 Å². The van der Waals surface area contributed by atoms with Crippen LogP contribution in [-0.4, -0.2) is 13.1 Å². The van der Waals surface area contributed by atoms with E-state index in [1.54, 1.807) is 0 Å². The summed E-state index contributed by atoms with van der Waals surface area (Å²) >= 11 is 3.34. The standard InChI is InChI=1S/C11H22BrN/c1-4-6-7-11(5-2)9-13-8-10(3)12/h11,13H,3-9H2,1-2H3. The molecule has 1 N–H and O–H groups in total. The first kappa shape index (κ1) is 13.2. The summed E-state index contributed by atoms with van der Waals surface area (Å²) in [5.74, 6) is 0.840. The highest BCUT2D eigenvalue weighted by molar-refractivity contribution is 9.11. The van der Waals surface area contributed by atoms with Crippen molar-refractivity contribution in [2.24, 2.45) is 5.92 Å². The molecule has 13 heavy (non-hydrogen) atoms. The van der Waals surface area contributed by atoms with Crippen LogP contribution in [0.5, 0.6) is 0 Å². The van der Waals surface area contributed by atoms with E-state index in [-0.39, 0.29) is 0 Å². The molecule has 1 atom stereocenters. The summed E-state index contributed by atoms with van der Waals surface area (Å²) in [4.78, 5) is 0. The van der Waals surface area contributed by atoms with Gasteiger partial charge in [-0.2, -0.15) is 0 Å². The Labute approximate surface area is 91.1 Å². The van der Waals surface area contributed by atoms with Crippen molar-refractivity contribution in [2.75, 3.05) is 13.1 Å². The van der Waals surface area contributed by atoms with Gasteiger partial charge >= 0.3 is 0 Å². The lowest BCUT2D eigenvalue weighted by Gasteiger charge is -2.14. The van der Waals surface area contributed by atoms with Crippen LogP contribution < -0.4 is 5.32 Å². The molecule has 0 bridgehead atoms. The van der Waals surface area contributed by atoms with Gasteiger partial charge < -0.3 is 5.32 Å². The Balaban J connectivity index is 3.41. The molecule has 0 aliphatic heterocycles. The third-order valence-corrected chi connectivity index (χ3v) is 2.57. The lowest BCUT2D eigenvalue weighted by molar-refractivity contribution is 0.428. The molecule has 1 nitrogen and oxygen atoms in total. The molecule has 78 valence electrons.